The van der Waals surface area contributed by atoms with E-state index >= 15 is 0 Å². The van der Waals surface area contributed by atoms with Crippen LogP contribution < -0.4 is 15.9 Å². The molecule has 0 aliphatic heterocycles. The van der Waals surface area contributed by atoms with Crippen LogP contribution in [0.5, 0.6) is 17.5 Å². The highest BCUT2D eigenvalue weighted by molar-refractivity contribution is 9.11. The maximum absolute atomic E-state index is 13.4. The van der Waals surface area contributed by atoms with Gasteiger partial charge in [-0.25, -0.2) is 0 Å². The molecule has 0 bridgehead atoms. The molecule has 0 fully saturated rings. The summed E-state index contributed by atoms with van der Waals surface area (Å²) in [6.07, 6.45) is 5.30. The van der Waals surface area contributed by atoms with Gasteiger partial charge in [0.1, 0.15) is 12.4 Å². The van der Waals surface area contributed by atoms with Crippen LogP contribution in [0, 0.1) is 21.9 Å². The molecular formula is C22H20Br2N4O5S2. The average molecular weight is 644 g/mol. The minimum atomic E-state index is -1.22. The monoisotopic (exact) mass is 642 g/mol. The van der Waals surface area contributed by atoms with Crippen LogP contribution in [0.15, 0.2) is 30.7 Å². The first-order valence-electron chi connectivity index (χ1n) is 9.88. The molecule has 0 aliphatic carbocycles. The molecule has 0 aliphatic rings. The second-order valence-electron chi connectivity index (χ2n) is 7.63. The largest absolute Gasteiger partial charge is 0.494 e. The molecular weight excluding hydrogens is 624 g/mol. The summed E-state index contributed by atoms with van der Waals surface area (Å²) < 4.78 is 11.5. The second kappa shape index (κ2) is 10.1. The van der Waals surface area contributed by atoms with Crippen molar-refractivity contribution in [3.63, 3.8) is 0 Å². The molecule has 2 N–H and O–H groups in total. The highest BCUT2D eigenvalue weighted by atomic mass is 79.9. The van der Waals surface area contributed by atoms with Gasteiger partial charge in [-0.3, -0.25) is 27.9 Å². The highest BCUT2D eigenvalue weighted by Crippen LogP contribution is 2.42. The van der Waals surface area contributed by atoms with Crippen molar-refractivity contribution in [2.45, 2.75) is 5.92 Å². The van der Waals surface area contributed by atoms with Crippen LogP contribution in [0.4, 0.5) is 0 Å². The molecule has 184 valence electrons. The molecule has 0 amide bonds. The Labute approximate surface area is 227 Å². The van der Waals surface area contributed by atoms with Gasteiger partial charge in [-0.15, -0.1) is 6.42 Å². The Bertz CT molecular complexity index is 1540. The highest BCUT2D eigenvalue weighted by Gasteiger charge is 2.33. The van der Waals surface area contributed by atoms with Crippen molar-refractivity contribution >= 4 is 56.3 Å². The number of ether oxygens (including phenoxy) is 1. The van der Waals surface area contributed by atoms with Crippen LogP contribution in [0.2, 0.25) is 0 Å². The Kier molecular flexibility index (Phi) is 7.80. The fraction of sp³-hybridized carbons (Fsp3) is 0.273. The molecule has 2 heterocycles. The van der Waals surface area contributed by atoms with Gasteiger partial charge < -0.3 is 14.9 Å². The predicted molar refractivity (Wildman–Crippen MR) is 143 cm³/mol. The van der Waals surface area contributed by atoms with E-state index in [0.717, 1.165) is 0 Å². The van der Waals surface area contributed by atoms with Gasteiger partial charge >= 0.3 is 0 Å². The van der Waals surface area contributed by atoms with Gasteiger partial charge in [0.25, 0.3) is 11.1 Å². The van der Waals surface area contributed by atoms with E-state index in [4.69, 9.17) is 35.6 Å². The van der Waals surface area contributed by atoms with Gasteiger partial charge in [0.2, 0.25) is 11.8 Å². The van der Waals surface area contributed by atoms with E-state index in [9.17, 15) is 19.8 Å². The molecule has 0 unspecified atom stereocenters. The minimum absolute atomic E-state index is 0.00883. The van der Waals surface area contributed by atoms with Crippen molar-refractivity contribution in [2.24, 2.45) is 28.2 Å². The van der Waals surface area contributed by atoms with Gasteiger partial charge in [0.05, 0.1) is 26.0 Å². The topological polar surface area (TPSA) is 104 Å². The summed E-state index contributed by atoms with van der Waals surface area (Å²) >= 11 is 17.4. The lowest BCUT2D eigenvalue weighted by Gasteiger charge is -2.24. The molecule has 9 nitrogen and oxygen atoms in total. The molecule has 35 heavy (non-hydrogen) atoms. The molecule has 0 atom stereocenters. The van der Waals surface area contributed by atoms with Crippen molar-refractivity contribution in [1.29, 1.82) is 0 Å². The smallest absolute Gasteiger partial charge is 0.262 e. The number of aromatic hydroxyl groups is 2. The number of hydrogen-bond acceptors (Lipinski definition) is 7. The summed E-state index contributed by atoms with van der Waals surface area (Å²) in [6, 6.07) is 3.23. The first-order chi connectivity index (χ1) is 16.3. The van der Waals surface area contributed by atoms with Crippen LogP contribution in [-0.4, -0.2) is 35.1 Å². The predicted octanol–water partition coefficient (Wildman–Crippen LogP) is 3.35. The Morgan fingerprint density at radius 2 is 1.31 bits per heavy atom. The Morgan fingerprint density at radius 1 is 0.914 bits per heavy atom. The van der Waals surface area contributed by atoms with Crippen LogP contribution in [0.1, 0.15) is 22.6 Å². The summed E-state index contributed by atoms with van der Waals surface area (Å²) in [5.41, 5.74) is -1.22. The zero-order chi connectivity index (χ0) is 26.4. The normalized spacial score (nSPS) is 11.0. The van der Waals surface area contributed by atoms with Crippen LogP contribution in [-0.2, 0) is 28.2 Å². The first-order valence-corrected chi connectivity index (χ1v) is 12.3. The van der Waals surface area contributed by atoms with Gasteiger partial charge in [-0.1, -0.05) is 5.92 Å². The fourth-order valence-electron chi connectivity index (χ4n) is 3.70. The van der Waals surface area contributed by atoms with E-state index in [1.54, 1.807) is 12.1 Å². The molecule has 1 aromatic carbocycles. The third-order valence-corrected chi connectivity index (χ3v) is 7.84. The number of terminal acetylenes is 1. The van der Waals surface area contributed by atoms with Crippen molar-refractivity contribution in [3.05, 3.63) is 68.0 Å². The van der Waals surface area contributed by atoms with Gasteiger partial charge in [-0.05, 0) is 74.0 Å². The SMILES string of the molecule is C#CCOc1c(Br)cc(C(c2c(O)n(C)c(=S)n(C)c2=O)c2c(O)n(C)c(=S)n(C)c2=O)cc1Br. The van der Waals surface area contributed by atoms with E-state index in [1.807, 2.05) is 0 Å². The quantitative estimate of drug-likeness (QED) is 0.325. The fourth-order valence-corrected chi connectivity index (χ4v) is 5.49. The maximum Gasteiger partial charge on any atom is 0.262 e. The van der Waals surface area contributed by atoms with E-state index in [0.29, 0.717) is 20.3 Å². The van der Waals surface area contributed by atoms with E-state index in [2.05, 4.69) is 37.8 Å². The minimum Gasteiger partial charge on any atom is -0.494 e. The Balaban J connectivity index is 2.55. The zero-order valence-corrected chi connectivity index (χ0v) is 23.8. The number of rotatable bonds is 5. The number of benzene rings is 1. The molecule has 3 aromatic rings. The van der Waals surface area contributed by atoms with Crippen molar-refractivity contribution < 1.29 is 14.9 Å². The van der Waals surface area contributed by atoms with Crippen molar-refractivity contribution in [2.75, 3.05) is 6.61 Å². The third-order valence-electron chi connectivity index (χ3n) is 5.57. The molecule has 0 radical (unpaired) electrons. The molecule has 0 saturated carbocycles. The summed E-state index contributed by atoms with van der Waals surface area (Å²) in [6.45, 7) is 0.00883. The number of hydrogen-bond donors (Lipinski definition) is 2. The second-order valence-corrected chi connectivity index (χ2v) is 10.1. The van der Waals surface area contributed by atoms with Crippen LogP contribution >= 0.6 is 56.3 Å². The number of nitrogens with zero attached hydrogens (tertiary/aromatic N) is 4. The van der Waals surface area contributed by atoms with E-state index in [1.165, 1.54) is 46.5 Å². The lowest BCUT2D eigenvalue weighted by molar-refractivity contribution is 0.365. The van der Waals surface area contributed by atoms with Crippen molar-refractivity contribution in [1.82, 2.24) is 18.3 Å². The van der Waals surface area contributed by atoms with Gasteiger partial charge in [0, 0.05) is 28.2 Å². The van der Waals surface area contributed by atoms with E-state index in [-0.39, 0.29) is 27.3 Å². The summed E-state index contributed by atoms with van der Waals surface area (Å²) in [4.78, 5) is 26.8. The van der Waals surface area contributed by atoms with Crippen LogP contribution in [0.3, 0.4) is 0 Å². The molecule has 0 spiro atoms. The Hall–Kier alpha value is -2.66. The zero-order valence-electron chi connectivity index (χ0n) is 19.0. The third kappa shape index (κ3) is 4.51. The van der Waals surface area contributed by atoms with E-state index < -0.39 is 28.8 Å². The number of aromatic nitrogens is 4. The average Bonchev–Trinajstić information content (AvgIpc) is 2.82. The Morgan fingerprint density at radius 3 is 1.69 bits per heavy atom. The molecule has 2 aromatic heterocycles. The summed E-state index contributed by atoms with van der Waals surface area (Å²) in [5.74, 6) is 0.666. The molecule has 13 heteroatoms. The van der Waals surface area contributed by atoms with Gasteiger partial charge in [0.15, 0.2) is 9.54 Å². The maximum atomic E-state index is 13.4. The molecule has 3 rings (SSSR count). The molecule has 0 saturated heterocycles. The standard InChI is InChI=1S/C22H20Br2N4O5S2/c1-6-7-33-16-11(23)8-10(9-12(16)24)13(14-17(29)25(2)21(34)26(3)18(14)30)15-19(31)27(4)22(35)28(5)20(15)32/h1,8-9,13,29,31H,7H2,2-5H3. The van der Waals surface area contributed by atoms with Crippen molar-refractivity contribution in [3.8, 4) is 29.9 Å². The van der Waals surface area contributed by atoms with Crippen LogP contribution in [0.25, 0.3) is 0 Å². The summed E-state index contributed by atoms with van der Waals surface area (Å²) in [5, 5.41) is 22.1. The lowest BCUT2D eigenvalue weighted by atomic mass is 9.86. The van der Waals surface area contributed by atoms with Gasteiger partial charge in [-0.2, -0.15) is 0 Å². The first kappa shape index (κ1) is 26.9. The lowest BCUT2D eigenvalue weighted by Crippen LogP contribution is -2.33. The summed E-state index contributed by atoms with van der Waals surface area (Å²) in [7, 11) is 5.89. The number of halogens is 2.